The van der Waals surface area contributed by atoms with Crippen LogP contribution < -0.4 is 0 Å². The van der Waals surface area contributed by atoms with Gasteiger partial charge < -0.3 is 38.6 Å². The molecule has 0 unspecified atom stereocenters. The van der Waals surface area contributed by atoms with E-state index in [0.717, 1.165) is 12.2 Å². The minimum absolute atomic E-state index is 0.0324. The van der Waals surface area contributed by atoms with E-state index in [1.165, 1.54) is 18.2 Å². The zero-order valence-corrected chi connectivity index (χ0v) is 22.0. The summed E-state index contributed by atoms with van der Waals surface area (Å²) < 4.78 is 36.4. The Hall–Kier alpha value is -2.50. The van der Waals surface area contributed by atoms with Gasteiger partial charge in [-0.1, -0.05) is 26.0 Å². The lowest BCUT2D eigenvalue weighted by Crippen LogP contribution is -2.62. The van der Waals surface area contributed by atoms with Crippen molar-refractivity contribution in [3.8, 4) is 0 Å². The average Bonchev–Trinajstić information content (AvgIpc) is 3.64. The van der Waals surface area contributed by atoms with Crippen LogP contribution in [0, 0.1) is 16.7 Å². The second-order valence-corrected chi connectivity index (χ2v) is 12.1. The van der Waals surface area contributed by atoms with Crippen LogP contribution in [0.15, 0.2) is 47.8 Å². The first kappa shape index (κ1) is 25.5. The van der Waals surface area contributed by atoms with Crippen molar-refractivity contribution in [2.45, 2.75) is 81.4 Å². The number of aliphatic hydroxyl groups excluding tert-OH is 2. The van der Waals surface area contributed by atoms with Gasteiger partial charge in [0.1, 0.15) is 48.0 Å². The zero-order chi connectivity index (χ0) is 27.2. The molecule has 1 saturated carbocycles. The van der Waals surface area contributed by atoms with Crippen molar-refractivity contribution in [1.29, 1.82) is 0 Å². The summed E-state index contributed by atoms with van der Waals surface area (Å²) in [7, 11) is 0. The molecular formula is C29H34O10. The Morgan fingerprint density at radius 1 is 1.03 bits per heavy atom. The first-order chi connectivity index (χ1) is 18.7. The monoisotopic (exact) mass is 542 g/mol. The Balaban J connectivity index is 1.32. The number of cyclic esters (lactones) is 1. The van der Waals surface area contributed by atoms with E-state index in [2.05, 4.69) is 19.9 Å². The minimum Gasteiger partial charge on any atom is -0.491 e. The van der Waals surface area contributed by atoms with Crippen LogP contribution in [0.1, 0.15) is 39.5 Å². The van der Waals surface area contributed by atoms with Crippen LogP contribution in [-0.4, -0.2) is 83.9 Å². The molecular weight excluding hydrogens is 508 g/mol. The molecule has 0 aromatic heterocycles. The fourth-order valence-corrected chi connectivity index (χ4v) is 8.03. The van der Waals surface area contributed by atoms with Gasteiger partial charge in [0.25, 0.3) is 0 Å². The van der Waals surface area contributed by atoms with Crippen LogP contribution in [-0.2, 0) is 38.0 Å². The van der Waals surface area contributed by atoms with Gasteiger partial charge in [-0.25, -0.2) is 9.59 Å². The van der Waals surface area contributed by atoms with E-state index in [9.17, 15) is 19.8 Å². The van der Waals surface area contributed by atoms with Crippen molar-refractivity contribution < 1.29 is 48.2 Å². The van der Waals surface area contributed by atoms with Gasteiger partial charge in [-0.15, -0.1) is 0 Å². The van der Waals surface area contributed by atoms with Gasteiger partial charge in [0.2, 0.25) is 0 Å². The third-order valence-electron chi connectivity index (χ3n) is 10.3. The summed E-state index contributed by atoms with van der Waals surface area (Å²) >= 11 is 0. The summed E-state index contributed by atoms with van der Waals surface area (Å²) in [6.07, 6.45) is 7.27. The van der Waals surface area contributed by atoms with E-state index in [0.29, 0.717) is 37.4 Å². The van der Waals surface area contributed by atoms with Crippen LogP contribution in [0.4, 0.5) is 0 Å². The van der Waals surface area contributed by atoms with Gasteiger partial charge in [-0.05, 0) is 42.9 Å². The van der Waals surface area contributed by atoms with Gasteiger partial charge >= 0.3 is 11.9 Å². The smallest absolute Gasteiger partial charge is 0.331 e. The van der Waals surface area contributed by atoms with Gasteiger partial charge in [0, 0.05) is 18.6 Å². The molecule has 10 atom stereocenters. The SMILES string of the molecule is C[C@@H]1C=C2O[C@H]3C[C@H]4OC(=O)/C=C/C=C\[C@]56OCC/C(=C/C(=O)OC[C@]2(CC1)[C@@]4(C)[C@@]31CO1)[C@H]5O[C@H](O)[C@H]6O. The van der Waals surface area contributed by atoms with Gasteiger partial charge in [0.15, 0.2) is 6.29 Å². The molecule has 7 rings (SSSR count). The number of rotatable bonds is 0. The van der Waals surface area contributed by atoms with Crippen LogP contribution in [0.2, 0.25) is 0 Å². The fraction of sp³-hybridized carbons (Fsp3) is 0.655. The van der Waals surface area contributed by atoms with Crippen molar-refractivity contribution in [2.24, 2.45) is 16.7 Å². The highest BCUT2D eigenvalue weighted by molar-refractivity contribution is 5.83. The number of ether oxygens (including phenoxy) is 6. The highest BCUT2D eigenvalue weighted by Gasteiger charge is 2.83. The second kappa shape index (κ2) is 8.50. The highest BCUT2D eigenvalue weighted by atomic mass is 16.7. The molecule has 0 aromatic carbocycles. The number of allylic oxidation sites excluding steroid dienone is 3. The molecule has 2 N–H and O–H groups in total. The van der Waals surface area contributed by atoms with Gasteiger partial charge in [0.05, 0.1) is 24.0 Å². The summed E-state index contributed by atoms with van der Waals surface area (Å²) in [4.78, 5) is 26.4. The van der Waals surface area contributed by atoms with Gasteiger partial charge in [-0.2, -0.15) is 0 Å². The average molecular weight is 543 g/mol. The number of hydrogen-bond donors (Lipinski definition) is 2. The standard InChI is InChI=1S/C29H34O10/c1-16-6-9-27-14-34-22(31)12-17-7-10-35-28(23(32)25(33)39-24(17)28)8-4-3-5-21(30)38-18-13-20(37-19(27)11-16)29(15-36-29)26(18,27)2/h3-5,8,11-12,16,18,20,23-25,32-33H,6-7,9-10,13-15H2,1-2H3/b5-3+,8-4-,17-12-/t16-,18+,20-,23+,24+,25-,26-,27-,28+,29+/m0/s1. The van der Waals surface area contributed by atoms with Crippen LogP contribution in [0.3, 0.4) is 0 Å². The Labute approximate surface area is 226 Å². The molecule has 0 radical (unpaired) electrons. The molecule has 4 bridgehead atoms. The maximum atomic E-state index is 13.3. The molecule has 7 aliphatic rings. The number of aliphatic hydroxyl groups is 2. The molecule has 0 aromatic rings. The van der Waals surface area contributed by atoms with E-state index in [1.54, 1.807) is 12.2 Å². The van der Waals surface area contributed by atoms with Crippen molar-refractivity contribution in [3.63, 3.8) is 0 Å². The van der Waals surface area contributed by atoms with Crippen LogP contribution >= 0.6 is 0 Å². The topological polar surface area (TPSA) is 133 Å². The van der Waals surface area contributed by atoms with Crippen molar-refractivity contribution in [2.75, 3.05) is 19.8 Å². The van der Waals surface area contributed by atoms with Gasteiger partial charge in [-0.3, -0.25) is 0 Å². The Bertz CT molecular complexity index is 1210. The Kier molecular flexibility index (Phi) is 5.55. The molecule has 5 heterocycles. The number of hydrogen-bond acceptors (Lipinski definition) is 10. The summed E-state index contributed by atoms with van der Waals surface area (Å²) in [5.41, 5.74) is -2.89. The molecule has 4 saturated heterocycles. The molecule has 0 amide bonds. The van der Waals surface area contributed by atoms with Crippen molar-refractivity contribution in [3.05, 3.63) is 47.8 Å². The third kappa shape index (κ3) is 3.32. The quantitative estimate of drug-likeness (QED) is 0.344. The Morgan fingerprint density at radius 3 is 2.64 bits per heavy atom. The highest BCUT2D eigenvalue weighted by Crippen LogP contribution is 2.73. The summed E-state index contributed by atoms with van der Waals surface area (Å²) in [6, 6.07) is 0. The predicted molar refractivity (Wildman–Crippen MR) is 133 cm³/mol. The molecule has 210 valence electrons. The maximum absolute atomic E-state index is 13.3. The van der Waals surface area contributed by atoms with Crippen molar-refractivity contribution >= 4 is 11.9 Å². The lowest BCUT2D eigenvalue weighted by Gasteiger charge is -2.56. The lowest BCUT2D eigenvalue weighted by atomic mass is 9.52. The number of epoxide rings is 1. The van der Waals surface area contributed by atoms with E-state index in [4.69, 9.17) is 28.4 Å². The third-order valence-corrected chi connectivity index (χ3v) is 10.3. The minimum atomic E-state index is -1.51. The molecule has 39 heavy (non-hydrogen) atoms. The molecule has 5 aliphatic heterocycles. The molecule has 10 nitrogen and oxygen atoms in total. The normalized spacial score (nSPS) is 53.2. The maximum Gasteiger partial charge on any atom is 0.331 e. The number of carbonyl (C=O) groups excluding carboxylic acids is 2. The molecule has 2 spiro atoms. The fourth-order valence-electron chi connectivity index (χ4n) is 8.03. The molecule has 10 heteroatoms. The van der Waals surface area contributed by atoms with Crippen LogP contribution in [0.5, 0.6) is 0 Å². The number of carbonyl (C=O) groups is 2. The van der Waals surface area contributed by atoms with Crippen molar-refractivity contribution in [1.82, 2.24) is 0 Å². The summed E-state index contributed by atoms with van der Waals surface area (Å²) in [5.74, 6) is -0.00870. The van der Waals surface area contributed by atoms with E-state index >= 15 is 0 Å². The summed E-state index contributed by atoms with van der Waals surface area (Å²) in [5, 5.41) is 21.1. The second-order valence-electron chi connectivity index (χ2n) is 12.1. The Morgan fingerprint density at radius 2 is 1.85 bits per heavy atom. The van der Waals surface area contributed by atoms with E-state index in [1.807, 2.05) is 0 Å². The summed E-state index contributed by atoms with van der Waals surface area (Å²) in [6.45, 7) is 4.95. The van der Waals surface area contributed by atoms with E-state index < -0.39 is 58.6 Å². The predicted octanol–water partition coefficient (Wildman–Crippen LogP) is 1.61. The molecule has 5 fully saturated rings. The molecule has 2 aliphatic carbocycles. The first-order valence-corrected chi connectivity index (χ1v) is 13.8. The first-order valence-electron chi connectivity index (χ1n) is 13.8. The lowest BCUT2D eigenvalue weighted by molar-refractivity contribution is -0.187. The number of esters is 2. The largest absolute Gasteiger partial charge is 0.491 e. The van der Waals surface area contributed by atoms with Crippen LogP contribution in [0.25, 0.3) is 0 Å². The zero-order valence-electron chi connectivity index (χ0n) is 22.0. The van der Waals surface area contributed by atoms with E-state index in [-0.39, 0.29) is 19.3 Å².